The van der Waals surface area contributed by atoms with Crippen LogP contribution in [0.15, 0.2) is 42.0 Å². The summed E-state index contributed by atoms with van der Waals surface area (Å²) in [6.07, 6.45) is 3.39. The minimum atomic E-state index is -1.26. The van der Waals surface area contributed by atoms with Crippen LogP contribution < -0.4 is 0 Å². The smallest absolute Gasteiger partial charge is 0.328 e. The first-order valence-corrected chi connectivity index (χ1v) is 5.83. The SMILES string of the molecule is CC1=Cc2ccccc2C1C.O=C(O)C=CC(=O)O. The van der Waals surface area contributed by atoms with Gasteiger partial charge in [-0.05, 0) is 18.1 Å². The monoisotopic (exact) mass is 260 g/mol. The molecule has 0 bridgehead atoms. The van der Waals surface area contributed by atoms with Gasteiger partial charge in [0.2, 0.25) is 0 Å². The highest BCUT2D eigenvalue weighted by Gasteiger charge is 2.16. The summed E-state index contributed by atoms with van der Waals surface area (Å²) in [6, 6.07) is 8.61. The molecule has 19 heavy (non-hydrogen) atoms. The lowest BCUT2D eigenvalue weighted by Gasteiger charge is -2.05. The Morgan fingerprint density at radius 3 is 2.11 bits per heavy atom. The molecule has 0 spiro atoms. The number of hydrogen-bond acceptors (Lipinski definition) is 2. The molecule has 0 aromatic heterocycles. The normalized spacial score (nSPS) is 16.3. The molecule has 1 aliphatic carbocycles. The third-order valence-electron chi connectivity index (χ3n) is 2.90. The van der Waals surface area contributed by atoms with E-state index in [1.807, 2.05) is 0 Å². The molecular weight excluding hydrogens is 244 g/mol. The fraction of sp³-hybridized carbons (Fsp3) is 0.200. The van der Waals surface area contributed by atoms with Crippen LogP contribution in [0.5, 0.6) is 0 Å². The van der Waals surface area contributed by atoms with Crippen molar-refractivity contribution in [1.82, 2.24) is 0 Å². The summed E-state index contributed by atoms with van der Waals surface area (Å²) >= 11 is 0. The Bertz CT molecular complexity index is 525. The van der Waals surface area contributed by atoms with Crippen molar-refractivity contribution in [2.45, 2.75) is 19.8 Å². The number of aliphatic carboxylic acids is 2. The summed E-state index contributed by atoms with van der Waals surface area (Å²) in [6.45, 7) is 4.46. The van der Waals surface area contributed by atoms with Crippen molar-refractivity contribution in [3.63, 3.8) is 0 Å². The second kappa shape index (κ2) is 6.54. The third-order valence-corrected chi connectivity index (χ3v) is 2.90. The molecule has 0 saturated carbocycles. The third kappa shape index (κ3) is 4.43. The second-order valence-corrected chi connectivity index (χ2v) is 4.25. The van der Waals surface area contributed by atoms with E-state index in [2.05, 4.69) is 44.2 Å². The van der Waals surface area contributed by atoms with E-state index >= 15 is 0 Å². The maximum absolute atomic E-state index is 9.55. The predicted molar refractivity (Wildman–Crippen MR) is 72.9 cm³/mol. The molecule has 0 heterocycles. The van der Waals surface area contributed by atoms with Gasteiger partial charge < -0.3 is 10.2 Å². The zero-order valence-corrected chi connectivity index (χ0v) is 10.8. The van der Waals surface area contributed by atoms with Gasteiger partial charge in [0.1, 0.15) is 0 Å². The van der Waals surface area contributed by atoms with Gasteiger partial charge in [-0.2, -0.15) is 0 Å². The molecule has 0 amide bonds. The molecule has 0 saturated heterocycles. The number of carboxylic acid groups (broad SMARTS) is 2. The summed E-state index contributed by atoms with van der Waals surface area (Å²) < 4.78 is 0. The van der Waals surface area contributed by atoms with Gasteiger partial charge in [0.25, 0.3) is 0 Å². The minimum Gasteiger partial charge on any atom is -0.478 e. The number of carboxylic acids is 2. The summed E-state index contributed by atoms with van der Waals surface area (Å²) in [4.78, 5) is 19.1. The van der Waals surface area contributed by atoms with Crippen LogP contribution in [-0.2, 0) is 9.59 Å². The molecule has 2 rings (SSSR count). The molecule has 0 aliphatic heterocycles. The van der Waals surface area contributed by atoms with Gasteiger partial charge in [-0.25, -0.2) is 9.59 Å². The lowest BCUT2D eigenvalue weighted by molar-refractivity contribution is -0.134. The van der Waals surface area contributed by atoms with Crippen molar-refractivity contribution in [3.8, 4) is 0 Å². The van der Waals surface area contributed by atoms with Gasteiger partial charge in [0.05, 0.1) is 0 Å². The maximum atomic E-state index is 9.55. The van der Waals surface area contributed by atoms with Crippen molar-refractivity contribution < 1.29 is 19.8 Å². The van der Waals surface area contributed by atoms with Crippen molar-refractivity contribution in [2.75, 3.05) is 0 Å². The molecule has 4 heteroatoms. The van der Waals surface area contributed by atoms with Crippen LogP contribution in [0.2, 0.25) is 0 Å². The molecule has 1 atom stereocenters. The first kappa shape index (κ1) is 14.7. The Morgan fingerprint density at radius 2 is 1.63 bits per heavy atom. The molecule has 0 fully saturated rings. The lowest BCUT2D eigenvalue weighted by Crippen LogP contribution is -1.91. The van der Waals surface area contributed by atoms with Crippen molar-refractivity contribution in [2.24, 2.45) is 0 Å². The van der Waals surface area contributed by atoms with Gasteiger partial charge in [0, 0.05) is 18.1 Å². The number of fused-ring (bicyclic) bond motifs is 1. The van der Waals surface area contributed by atoms with Crippen LogP contribution in [0.1, 0.15) is 30.9 Å². The van der Waals surface area contributed by atoms with Crippen molar-refractivity contribution in [1.29, 1.82) is 0 Å². The van der Waals surface area contributed by atoms with E-state index in [-0.39, 0.29) is 0 Å². The van der Waals surface area contributed by atoms with Crippen LogP contribution >= 0.6 is 0 Å². The summed E-state index contributed by atoms with van der Waals surface area (Å²) in [5.74, 6) is -1.88. The highest BCUT2D eigenvalue weighted by molar-refractivity contribution is 5.89. The summed E-state index contributed by atoms with van der Waals surface area (Å²) in [5.41, 5.74) is 4.36. The highest BCUT2D eigenvalue weighted by atomic mass is 16.4. The molecule has 1 aromatic rings. The van der Waals surface area contributed by atoms with Gasteiger partial charge in [-0.3, -0.25) is 0 Å². The average molecular weight is 260 g/mol. The molecule has 100 valence electrons. The molecule has 1 unspecified atom stereocenters. The molecule has 1 aromatic carbocycles. The Labute approximate surface area is 111 Å². The van der Waals surface area contributed by atoms with Crippen molar-refractivity contribution >= 4 is 18.0 Å². The maximum Gasteiger partial charge on any atom is 0.328 e. The van der Waals surface area contributed by atoms with Crippen LogP contribution in [0, 0.1) is 0 Å². The van der Waals surface area contributed by atoms with Gasteiger partial charge in [-0.1, -0.05) is 42.8 Å². The summed E-state index contributed by atoms with van der Waals surface area (Å²) in [7, 11) is 0. The lowest BCUT2D eigenvalue weighted by atomic mass is 9.99. The molecule has 4 nitrogen and oxygen atoms in total. The predicted octanol–water partition coefficient (Wildman–Crippen LogP) is 2.92. The fourth-order valence-corrected chi connectivity index (χ4v) is 1.79. The Morgan fingerprint density at radius 1 is 1.11 bits per heavy atom. The molecular formula is C15H16O4. The van der Waals surface area contributed by atoms with E-state index in [9.17, 15) is 9.59 Å². The van der Waals surface area contributed by atoms with E-state index < -0.39 is 11.9 Å². The van der Waals surface area contributed by atoms with Crippen molar-refractivity contribution in [3.05, 3.63) is 53.1 Å². The highest BCUT2D eigenvalue weighted by Crippen LogP contribution is 2.34. The summed E-state index contributed by atoms with van der Waals surface area (Å²) in [5, 5.41) is 15.6. The Balaban J connectivity index is 0.000000203. The topological polar surface area (TPSA) is 74.6 Å². The molecule has 2 N–H and O–H groups in total. The number of rotatable bonds is 2. The number of carbonyl (C=O) groups is 2. The zero-order chi connectivity index (χ0) is 14.4. The largest absolute Gasteiger partial charge is 0.478 e. The molecule has 0 radical (unpaired) electrons. The van der Waals surface area contributed by atoms with Crippen LogP contribution in [0.4, 0.5) is 0 Å². The minimum absolute atomic E-state index is 0.558. The number of allylic oxidation sites excluding steroid dienone is 1. The van der Waals surface area contributed by atoms with E-state index in [0.29, 0.717) is 18.1 Å². The zero-order valence-electron chi connectivity index (χ0n) is 10.8. The quantitative estimate of drug-likeness (QED) is 0.802. The number of benzene rings is 1. The standard InChI is InChI=1S/C11H12.C4H4O4/c1-8-7-10-5-3-4-6-11(10)9(8)2;5-3(6)1-2-4(7)8/h3-7,9H,1-2H3;1-2H,(H,5,6)(H,7,8). The van der Waals surface area contributed by atoms with Gasteiger partial charge >= 0.3 is 11.9 Å². The molecule has 1 aliphatic rings. The van der Waals surface area contributed by atoms with E-state index in [4.69, 9.17) is 10.2 Å². The van der Waals surface area contributed by atoms with Gasteiger partial charge in [0.15, 0.2) is 0 Å². The Kier molecular flexibility index (Phi) is 5.06. The average Bonchev–Trinajstić information content (AvgIpc) is 2.64. The van der Waals surface area contributed by atoms with E-state index in [1.165, 1.54) is 16.7 Å². The van der Waals surface area contributed by atoms with E-state index in [0.717, 1.165) is 0 Å². The van der Waals surface area contributed by atoms with Crippen LogP contribution in [-0.4, -0.2) is 22.2 Å². The fourth-order valence-electron chi connectivity index (χ4n) is 1.79. The second-order valence-electron chi connectivity index (χ2n) is 4.25. The first-order chi connectivity index (χ1) is 8.91. The van der Waals surface area contributed by atoms with Crippen LogP contribution in [0.3, 0.4) is 0 Å². The van der Waals surface area contributed by atoms with Gasteiger partial charge in [-0.15, -0.1) is 0 Å². The number of hydrogen-bond donors (Lipinski definition) is 2. The first-order valence-electron chi connectivity index (χ1n) is 5.83. The van der Waals surface area contributed by atoms with Crippen LogP contribution in [0.25, 0.3) is 6.08 Å². The van der Waals surface area contributed by atoms with E-state index in [1.54, 1.807) is 0 Å². The Hall–Kier alpha value is -2.36.